The average Bonchev–Trinajstić information content (AvgIpc) is 3.38. The predicted octanol–water partition coefficient (Wildman–Crippen LogP) is 2.56. The van der Waals surface area contributed by atoms with Gasteiger partial charge in [-0.3, -0.25) is 9.59 Å². The first-order valence-corrected chi connectivity index (χ1v) is 13.7. The summed E-state index contributed by atoms with van der Waals surface area (Å²) in [6, 6.07) is 6.13. The number of hydrogen-bond acceptors (Lipinski definition) is 5. The number of halogens is 1. The Morgan fingerprint density at radius 3 is 2.88 bits per heavy atom. The fourth-order valence-electron chi connectivity index (χ4n) is 4.92. The van der Waals surface area contributed by atoms with Crippen molar-refractivity contribution in [2.24, 2.45) is 5.92 Å². The monoisotopic (exact) mass is 520 g/mol. The van der Waals surface area contributed by atoms with Crippen LogP contribution in [0.2, 0.25) is 0 Å². The molecule has 8 nitrogen and oxygen atoms in total. The maximum Gasteiger partial charge on any atom is 0.257 e. The summed E-state index contributed by atoms with van der Waals surface area (Å²) in [6.45, 7) is 0.579. The first-order chi connectivity index (χ1) is 15.1. The standard InChI is InChI=1S/C22H25BrN4O4S/c1-32(30,31)12-18(28)24-20-19-17(26-27(20)9-7-13-2-3-13)11-22(25-21(19)29)8-6-14-10-15(23)4-5-16(14)22/h4-5,10,13H,2-3,6-9,11-12H2,1H3,(H,24,28)(H,25,29)/t22-/m0/s1. The van der Waals surface area contributed by atoms with Crippen LogP contribution in [-0.4, -0.2) is 42.0 Å². The van der Waals surface area contributed by atoms with E-state index >= 15 is 0 Å². The normalized spacial score (nSPS) is 21.9. The molecule has 1 aromatic carbocycles. The topological polar surface area (TPSA) is 110 Å². The molecule has 3 aliphatic rings. The van der Waals surface area contributed by atoms with Gasteiger partial charge < -0.3 is 10.6 Å². The number of nitrogens with one attached hydrogen (secondary N) is 2. The number of nitrogens with zero attached hydrogens (tertiary/aromatic N) is 2. The molecule has 0 unspecified atom stereocenters. The van der Waals surface area contributed by atoms with E-state index in [4.69, 9.17) is 5.10 Å². The summed E-state index contributed by atoms with van der Waals surface area (Å²) >= 11 is 3.52. The number of fused-ring (bicyclic) bond motifs is 3. The van der Waals surface area contributed by atoms with Crippen molar-refractivity contribution in [3.63, 3.8) is 0 Å². The minimum atomic E-state index is -3.49. The van der Waals surface area contributed by atoms with Crippen molar-refractivity contribution in [2.75, 3.05) is 17.3 Å². The lowest BCUT2D eigenvalue weighted by Gasteiger charge is -2.35. The number of benzene rings is 1. The number of carbonyl (C=O) groups is 2. The zero-order chi connectivity index (χ0) is 22.7. The van der Waals surface area contributed by atoms with Gasteiger partial charge in [-0.25, -0.2) is 13.1 Å². The van der Waals surface area contributed by atoms with Crippen LogP contribution in [0.1, 0.15) is 52.9 Å². The van der Waals surface area contributed by atoms with Gasteiger partial charge in [0.05, 0.1) is 11.2 Å². The van der Waals surface area contributed by atoms with Crippen molar-refractivity contribution in [3.8, 4) is 0 Å². The van der Waals surface area contributed by atoms with E-state index in [1.807, 2.05) is 6.07 Å². The summed E-state index contributed by atoms with van der Waals surface area (Å²) < 4.78 is 25.8. The van der Waals surface area contributed by atoms with Gasteiger partial charge in [0.15, 0.2) is 9.84 Å². The van der Waals surface area contributed by atoms with E-state index in [0.717, 1.165) is 35.6 Å². The van der Waals surface area contributed by atoms with Crippen molar-refractivity contribution in [1.82, 2.24) is 15.1 Å². The number of aryl methyl sites for hydroxylation is 2. The van der Waals surface area contributed by atoms with Crippen LogP contribution < -0.4 is 10.6 Å². The van der Waals surface area contributed by atoms with Gasteiger partial charge in [0.2, 0.25) is 5.91 Å². The van der Waals surface area contributed by atoms with E-state index in [1.54, 1.807) is 4.68 Å². The van der Waals surface area contributed by atoms with Gasteiger partial charge in [0.25, 0.3) is 5.91 Å². The number of hydrogen-bond donors (Lipinski definition) is 2. The molecular weight excluding hydrogens is 496 g/mol. The minimum absolute atomic E-state index is 0.283. The number of carbonyl (C=O) groups excluding carboxylic acids is 2. The van der Waals surface area contributed by atoms with Crippen LogP contribution in [0, 0.1) is 5.92 Å². The van der Waals surface area contributed by atoms with Gasteiger partial charge in [-0.05, 0) is 48.4 Å². The molecule has 1 fully saturated rings. The van der Waals surface area contributed by atoms with E-state index in [1.165, 1.54) is 18.4 Å². The zero-order valence-electron chi connectivity index (χ0n) is 17.8. The minimum Gasteiger partial charge on any atom is -0.342 e. The second kappa shape index (κ2) is 7.69. The fraction of sp³-hybridized carbons (Fsp3) is 0.500. The lowest BCUT2D eigenvalue weighted by atomic mass is 9.83. The van der Waals surface area contributed by atoms with Gasteiger partial charge in [-0.15, -0.1) is 0 Å². The Balaban J connectivity index is 1.50. The summed E-state index contributed by atoms with van der Waals surface area (Å²) in [5, 5.41) is 10.6. The van der Waals surface area contributed by atoms with E-state index in [2.05, 4.69) is 38.7 Å². The van der Waals surface area contributed by atoms with Gasteiger partial charge in [-0.1, -0.05) is 34.8 Å². The maximum atomic E-state index is 13.3. The quantitative estimate of drug-likeness (QED) is 0.608. The van der Waals surface area contributed by atoms with Crippen LogP contribution in [-0.2, 0) is 39.6 Å². The van der Waals surface area contributed by atoms with Crippen LogP contribution in [0.3, 0.4) is 0 Å². The molecule has 1 atom stereocenters. The van der Waals surface area contributed by atoms with Gasteiger partial charge in [-0.2, -0.15) is 5.10 Å². The molecule has 0 bridgehead atoms. The largest absolute Gasteiger partial charge is 0.342 e. The summed E-state index contributed by atoms with van der Waals surface area (Å²) in [7, 11) is -3.49. The molecule has 2 heterocycles. The summed E-state index contributed by atoms with van der Waals surface area (Å²) in [4.78, 5) is 25.7. The Kier molecular flexibility index (Phi) is 5.20. The summed E-state index contributed by atoms with van der Waals surface area (Å²) in [6.07, 6.45) is 6.49. The molecule has 32 heavy (non-hydrogen) atoms. The average molecular weight is 521 g/mol. The maximum absolute atomic E-state index is 13.3. The Bertz CT molecular complexity index is 1230. The van der Waals surface area contributed by atoms with Crippen molar-refractivity contribution >= 4 is 43.4 Å². The second-order valence-corrected chi connectivity index (χ2v) is 12.3. The van der Waals surface area contributed by atoms with Crippen LogP contribution >= 0.6 is 15.9 Å². The lowest BCUT2D eigenvalue weighted by Crippen LogP contribution is -2.49. The Morgan fingerprint density at radius 2 is 2.16 bits per heavy atom. The highest BCUT2D eigenvalue weighted by molar-refractivity contribution is 9.10. The van der Waals surface area contributed by atoms with Crippen molar-refractivity contribution in [2.45, 2.75) is 50.6 Å². The van der Waals surface area contributed by atoms with E-state index in [0.29, 0.717) is 36.0 Å². The third-order valence-electron chi connectivity index (χ3n) is 6.58. The van der Waals surface area contributed by atoms with Crippen molar-refractivity contribution in [3.05, 3.63) is 45.1 Å². The highest BCUT2D eigenvalue weighted by Crippen LogP contribution is 2.44. The zero-order valence-corrected chi connectivity index (χ0v) is 20.2. The molecule has 2 N–H and O–H groups in total. The molecule has 170 valence electrons. The molecule has 2 amide bonds. The van der Waals surface area contributed by atoms with Crippen LogP contribution in [0.15, 0.2) is 22.7 Å². The van der Waals surface area contributed by atoms with Crippen molar-refractivity contribution in [1.29, 1.82) is 0 Å². The molecule has 1 aromatic heterocycles. The summed E-state index contributed by atoms with van der Waals surface area (Å²) in [5.41, 5.74) is 2.80. The number of sulfone groups is 1. The number of anilines is 1. The molecule has 1 spiro atoms. The highest BCUT2D eigenvalue weighted by atomic mass is 79.9. The van der Waals surface area contributed by atoms with E-state index in [9.17, 15) is 18.0 Å². The molecule has 0 saturated heterocycles. The third kappa shape index (κ3) is 4.10. The first kappa shape index (κ1) is 21.6. The molecule has 1 aliphatic heterocycles. The molecule has 10 heteroatoms. The van der Waals surface area contributed by atoms with Gasteiger partial charge in [0.1, 0.15) is 17.1 Å². The molecule has 2 aromatic rings. The molecular formula is C22H25BrN4O4S. The molecule has 5 rings (SSSR count). The van der Waals surface area contributed by atoms with Gasteiger partial charge >= 0.3 is 0 Å². The third-order valence-corrected chi connectivity index (χ3v) is 7.85. The number of aromatic nitrogens is 2. The van der Waals surface area contributed by atoms with Crippen LogP contribution in [0.5, 0.6) is 0 Å². The molecule has 1 saturated carbocycles. The van der Waals surface area contributed by atoms with Crippen LogP contribution in [0.25, 0.3) is 0 Å². The number of rotatable bonds is 6. The Morgan fingerprint density at radius 1 is 1.38 bits per heavy atom. The van der Waals surface area contributed by atoms with E-state index in [-0.39, 0.29) is 5.91 Å². The van der Waals surface area contributed by atoms with Crippen molar-refractivity contribution < 1.29 is 18.0 Å². The number of amides is 2. The summed E-state index contributed by atoms with van der Waals surface area (Å²) in [5.74, 6) is -0.628. The Hall–Kier alpha value is -2.20. The predicted molar refractivity (Wildman–Crippen MR) is 123 cm³/mol. The van der Waals surface area contributed by atoms with E-state index < -0.39 is 27.0 Å². The molecule has 0 radical (unpaired) electrons. The second-order valence-electron chi connectivity index (χ2n) is 9.26. The first-order valence-electron chi connectivity index (χ1n) is 10.8. The lowest BCUT2D eigenvalue weighted by molar-refractivity contribution is -0.113. The SMILES string of the molecule is CS(=O)(=O)CC(=O)Nc1c2c(nn1CCC1CC1)C[C@]1(CCc3cc(Br)ccc31)NC2=O. The fourth-order valence-corrected chi connectivity index (χ4v) is 5.88. The highest BCUT2D eigenvalue weighted by Gasteiger charge is 2.46. The Labute approximate surface area is 195 Å². The van der Waals surface area contributed by atoms with Gasteiger partial charge in [0, 0.05) is 23.7 Å². The molecule has 2 aliphatic carbocycles. The smallest absolute Gasteiger partial charge is 0.257 e. The van der Waals surface area contributed by atoms with Crippen LogP contribution in [0.4, 0.5) is 5.82 Å².